The molecule has 0 spiro atoms. The molecule has 2 aromatic carbocycles. The van der Waals surface area contributed by atoms with E-state index < -0.39 is 0 Å². The van der Waals surface area contributed by atoms with Gasteiger partial charge in [-0.1, -0.05) is 55.2 Å². The SMILES string of the molecule is C=C(C)C(=O)SC(=S)n1c2ccccc2c2ccccc21. The number of benzene rings is 2. The van der Waals surface area contributed by atoms with Crippen LogP contribution in [0.15, 0.2) is 60.7 Å². The van der Waals surface area contributed by atoms with Gasteiger partial charge in [-0.05, 0) is 36.4 Å². The molecule has 21 heavy (non-hydrogen) atoms. The fourth-order valence-electron chi connectivity index (χ4n) is 2.33. The highest BCUT2D eigenvalue weighted by atomic mass is 32.2. The Kier molecular flexibility index (Phi) is 3.66. The van der Waals surface area contributed by atoms with E-state index in [0.717, 1.165) is 33.6 Å². The number of hydrogen-bond donors (Lipinski definition) is 0. The number of nitrogens with zero attached hydrogens (tertiary/aromatic N) is 1. The van der Waals surface area contributed by atoms with Gasteiger partial charge in [0.1, 0.15) is 0 Å². The maximum Gasteiger partial charge on any atom is 0.221 e. The van der Waals surface area contributed by atoms with Gasteiger partial charge >= 0.3 is 0 Å². The third-order valence-corrected chi connectivity index (χ3v) is 4.61. The number of carbonyl (C=O) groups excluding carboxylic acids is 1. The minimum Gasteiger partial charge on any atom is -0.294 e. The van der Waals surface area contributed by atoms with E-state index in [0.29, 0.717) is 9.89 Å². The van der Waals surface area contributed by atoms with E-state index in [4.69, 9.17) is 12.2 Å². The Morgan fingerprint density at radius 1 is 1.05 bits per heavy atom. The lowest BCUT2D eigenvalue weighted by Gasteiger charge is -2.07. The van der Waals surface area contributed by atoms with E-state index in [1.807, 2.05) is 41.0 Å². The number of aromatic nitrogens is 1. The zero-order valence-corrected chi connectivity index (χ0v) is 13.1. The van der Waals surface area contributed by atoms with Gasteiger partial charge in [-0.15, -0.1) is 0 Å². The molecular formula is C17H13NOS2. The predicted octanol–water partition coefficient (Wildman–Crippen LogP) is 4.76. The molecular weight excluding hydrogens is 298 g/mol. The number of para-hydroxylation sites is 2. The minimum absolute atomic E-state index is 0.0955. The van der Waals surface area contributed by atoms with Crippen molar-refractivity contribution in [3.8, 4) is 0 Å². The van der Waals surface area contributed by atoms with Gasteiger partial charge in [-0.2, -0.15) is 0 Å². The Hall–Kier alpha value is -1.91. The van der Waals surface area contributed by atoms with Crippen LogP contribution in [0.2, 0.25) is 0 Å². The summed E-state index contributed by atoms with van der Waals surface area (Å²) in [6, 6.07) is 16.2. The largest absolute Gasteiger partial charge is 0.294 e. The van der Waals surface area contributed by atoms with Crippen LogP contribution in [0.4, 0.5) is 0 Å². The Bertz CT molecular complexity index is 839. The quantitative estimate of drug-likeness (QED) is 0.477. The highest BCUT2D eigenvalue weighted by Gasteiger charge is 2.16. The van der Waals surface area contributed by atoms with E-state index in [2.05, 4.69) is 18.7 Å². The zero-order valence-electron chi connectivity index (χ0n) is 11.5. The van der Waals surface area contributed by atoms with E-state index in [1.54, 1.807) is 6.92 Å². The second-order valence-corrected chi connectivity index (χ2v) is 6.41. The average Bonchev–Trinajstić information content (AvgIpc) is 2.81. The van der Waals surface area contributed by atoms with Gasteiger partial charge in [0.25, 0.3) is 0 Å². The molecule has 0 N–H and O–H groups in total. The Balaban J connectivity index is 2.22. The van der Waals surface area contributed by atoms with Crippen LogP contribution in [0, 0.1) is 0 Å². The van der Waals surface area contributed by atoms with Crippen LogP contribution in [-0.2, 0) is 4.79 Å². The molecule has 0 aliphatic rings. The van der Waals surface area contributed by atoms with Crippen LogP contribution in [0.25, 0.3) is 21.8 Å². The molecule has 4 heteroatoms. The summed E-state index contributed by atoms with van der Waals surface area (Å²) in [6.45, 7) is 5.37. The van der Waals surface area contributed by atoms with Crippen molar-refractivity contribution >= 4 is 55.2 Å². The van der Waals surface area contributed by atoms with Gasteiger partial charge < -0.3 is 0 Å². The summed E-state index contributed by atoms with van der Waals surface area (Å²) in [6.07, 6.45) is 0. The van der Waals surface area contributed by atoms with Crippen molar-refractivity contribution in [2.45, 2.75) is 6.92 Å². The summed E-state index contributed by atoms with van der Waals surface area (Å²) >= 11 is 6.54. The molecule has 0 bridgehead atoms. The molecule has 1 heterocycles. The van der Waals surface area contributed by atoms with Crippen LogP contribution < -0.4 is 0 Å². The van der Waals surface area contributed by atoms with E-state index >= 15 is 0 Å². The Morgan fingerprint density at radius 3 is 2.00 bits per heavy atom. The first kappa shape index (κ1) is 14.0. The van der Waals surface area contributed by atoms with Crippen molar-refractivity contribution in [3.05, 3.63) is 60.7 Å². The molecule has 2 nitrogen and oxygen atoms in total. The zero-order chi connectivity index (χ0) is 15.0. The van der Waals surface area contributed by atoms with Crippen LogP contribution in [0.3, 0.4) is 0 Å². The van der Waals surface area contributed by atoms with E-state index in [9.17, 15) is 4.79 Å². The second kappa shape index (κ2) is 5.47. The number of thiocarbonyl (C=S) groups is 1. The molecule has 0 saturated carbocycles. The average molecular weight is 311 g/mol. The molecule has 0 aliphatic heterocycles. The highest BCUT2D eigenvalue weighted by molar-refractivity contribution is 8.33. The molecule has 104 valence electrons. The van der Waals surface area contributed by atoms with E-state index in [1.165, 1.54) is 0 Å². The first-order valence-electron chi connectivity index (χ1n) is 6.50. The molecule has 0 aliphatic carbocycles. The standard InChI is InChI=1S/C17H13NOS2/c1-11(2)16(19)21-17(20)18-14-9-5-3-7-12(14)13-8-4-6-10-15(13)18/h3-10H,1H2,2H3. The molecule has 3 aromatic rings. The van der Waals surface area contributed by atoms with Gasteiger partial charge in [-0.25, -0.2) is 0 Å². The van der Waals surface area contributed by atoms with Crippen LogP contribution >= 0.6 is 24.0 Å². The van der Waals surface area contributed by atoms with Crippen molar-refractivity contribution in [2.75, 3.05) is 0 Å². The fourth-order valence-corrected chi connectivity index (χ4v) is 3.38. The van der Waals surface area contributed by atoms with Gasteiger partial charge in [0.2, 0.25) is 5.12 Å². The molecule has 0 atom stereocenters. The van der Waals surface area contributed by atoms with Crippen molar-refractivity contribution in [3.63, 3.8) is 0 Å². The Labute approximate surface area is 132 Å². The molecule has 1 aromatic heterocycles. The second-order valence-electron chi connectivity index (χ2n) is 4.81. The first-order chi connectivity index (χ1) is 10.1. The minimum atomic E-state index is -0.0955. The first-order valence-corrected chi connectivity index (χ1v) is 7.72. The maximum absolute atomic E-state index is 11.9. The normalized spacial score (nSPS) is 10.9. The maximum atomic E-state index is 11.9. The summed E-state index contributed by atoms with van der Waals surface area (Å²) in [5, 5.41) is 2.18. The topological polar surface area (TPSA) is 22.0 Å². The number of hydrogen-bond acceptors (Lipinski definition) is 3. The molecule has 3 rings (SSSR count). The highest BCUT2D eigenvalue weighted by Crippen LogP contribution is 2.30. The van der Waals surface area contributed by atoms with Gasteiger partial charge in [0, 0.05) is 10.8 Å². The summed E-state index contributed by atoms with van der Waals surface area (Å²) in [5.74, 6) is 0. The van der Waals surface area contributed by atoms with Crippen molar-refractivity contribution in [2.24, 2.45) is 0 Å². The Morgan fingerprint density at radius 2 is 1.52 bits per heavy atom. The third kappa shape index (κ3) is 2.41. The van der Waals surface area contributed by atoms with Crippen molar-refractivity contribution in [1.29, 1.82) is 0 Å². The summed E-state index contributed by atoms with van der Waals surface area (Å²) in [4.78, 5) is 11.9. The molecule has 0 radical (unpaired) electrons. The summed E-state index contributed by atoms with van der Waals surface area (Å²) < 4.78 is 2.49. The van der Waals surface area contributed by atoms with Crippen LogP contribution in [0.5, 0.6) is 0 Å². The predicted molar refractivity (Wildman–Crippen MR) is 94.9 cm³/mol. The molecule has 0 fully saturated rings. The molecule has 0 unspecified atom stereocenters. The number of rotatable bonds is 1. The number of carbonyl (C=O) groups is 1. The lowest BCUT2D eigenvalue weighted by atomic mass is 10.2. The lowest BCUT2D eigenvalue weighted by Crippen LogP contribution is -2.08. The van der Waals surface area contributed by atoms with E-state index in [-0.39, 0.29) is 5.12 Å². The monoisotopic (exact) mass is 311 g/mol. The van der Waals surface area contributed by atoms with Crippen molar-refractivity contribution in [1.82, 2.24) is 4.57 Å². The van der Waals surface area contributed by atoms with Gasteiger partial charge in [0.05, 0.1) is 11.0 Å². The fraction of sp³-hybridized carbons (Fsp3) is 0.0588. The molecule has 0 amide bonds. The van der Waals surface area contributed by atoms with Gasteiger partial charge in [0.15, 0.2) is 4.32 Å². The summed E-state index contributed by atoms with van der Waals surface area (Å²) in [7, 11) is 0. The van der Waals surface area contributed by atoms with Crippen LogP contribution in [-0.4, -0.2) is 14.0 Å². The third-order valence-electron chi connectivity index (χ3n) is 3.29. The summed E-state index contributed by atoms with van der Waals surface area (Å²) in [5.41, 5.74) is 2.54. The lowest BCUT2D eigenvalue weighted by molar-refractivity contribution is -0.107. The smallest absolute Gasteiger partial charge is 0.221 e. The molecule has 0 saturated heterocycles. The van der Waals surface area contributed by atoms with Crippen LogP contribution in [0.1, 0.15) is 6.92 Å². The number of thioether (sulfide) groups is 1. The van der Waals surface area contributed by atoms with Crippen molar-refractivity contribution < 1.29 is 4.79 Å². The van der Waals surface area contributed by atoms with Gasteiger partial charge in [-0.3, -0.25) is 9.36 Å². The number of fused-ring (bicyclic) bond motifs is 3.